The molecule has 1 aromatic carbocycles. The maximum atomic E-state index is 10.9. The summed E-state index contributed by atoms with van der Waals surface area (Å²) in [6.45, 7) is 3.23. The molecule has 0 saturated carbocycles. The third kappa shape index (κ3) is 5.01. The van der Waals surface area contributed by atoms with Crippen LogP contribution in [-0.4, -0.2) is 23.0 Å². The molecule has 1 atom stereocenters. The van der Waals surface area contributed by atoms with Gasteiger partial charge in [-0.25, -0.2) is 0 Å². The van der Waals surface area contributed by atoms with Crippen LogP contribution in [-0.2, 0) is 9.59 Å². The number of hydrogen-bond acceptors (Lipinski definition) is 3. The summed E-state index contributed by atoms with van der Waals surface area (Å²) in [5, 5.41) is 14.4. The van der Waals surface area contributed by atoms with Crippen LogP contribution in [0.1, 0.15) is 20.3 Å². The molecule has 0 aliphatic rings. The molecule has 1 rings (SSSR count). The van der Waals surface area contributed by atoms with Crippen molar-refractivity contribution in [2.75, 3.05) is 10.6 Å². The lowest BCUT2D eigenvalue weighted by Gasteiger charge is -2.14. The Morgan fingerprint density at radius 1 is 1.35 bits per heavy atom. The first-order valence-electron chi connectivity index (χ1n) is 5.33. The molecule has 0 spiro atoms. The highest BCUT2D eigenvalue weighted by atomic mass is 16.4. The van der Waals surface area contributed by atoms with Gasteiger partial charge in [-0.3, -0.25) is 9.59 Å². The lowest BCUT2D eigenvalue weighted by Crippen LogP contribution is -2.19. The van der Waals surface area contributed by atoms with Crippen LogP contribution >= 0.6 is 0 Å². The summed E-state index contributed by atoms with van der Waals surface area (Å²) in [5.74, 6) is -0.983. The molecule has 0 saturated heterocycles. The van der Waals surface area contributed by atoms with E-state index in [-0.39, 0.29) is 18.4 Å². The summed E-state index contributed by atoms with van der Waals surface area (Å²) in [6, 6.07) is 6.99. The van der Waals surface area contributed by atoms with E-state index in [1.807, 2.05) is 6.07 Å². The number of benzene rings is 1. The predicted molar refractivity (Wildman–Crippen MR) is 66.1 cm³/mol. The van der Waals surface area contributed by atoms with Gasteiger partial charge in [0.05, 0.1) is 6.42 Å². The lowest BCUT2D eigenvalue weighted by atomic mass is 10.2. The molecule has 1 aromatic rings. The minimum absolute atomic E-state index is 0.0460. The van der Waals surface area contributed by atoms with Crippen molar-refractivity contribution in [1.29, 1.82) is 0 Å². The van der Waals surface area contributed by atoms with Crippen molar-refractivity contribution in [1.82, 2.24) is 0 Å². The first kappa shape index (κ1) is 13.0. The Hall–Kier alpha value is -2.04. The zero-order valence-corrected chi connectivity index (χ0v) is 9.86. The van der Waals surface area contributed by atoms with Gasteiger partial charge in [-0.1, -0.05) is 6.07 Å². The Bertz CT molecular complexity index is 418. The van der Waals surface area contributed by atoms with E-state index in [4.69, 9.17) is 5.11 Å². The number of carboxylic acid groups (broad SMARTS) is 1. The second-order valence-corrected chi connectivity index (χ2v) is 3.91. The largest absolute Gasteiger partial charge is 0.481 e. The topological polar surface area (TPSA) is 78.4 Å². The number of rotatable bonds is 5. The number of nitrogens with one attached hydrogen (secondary N) is 2. The molecule has 17 heavy (non-hydrogen) atoms. The van der Waals surface area contributed by atoms with Gasteiger partial charge >= 0.3 is 5.97 Å². The Labute approximate surface area is 99.8 Å². The zero-order valence-electron chi connectivity index (χ0n) is 9.86. The lowest BCUT2D eigenvalue weighted by molar-refractivity contribution is -0.137. The third-order valence-electron chi connectivity index (χ3n) is 2.08. The average molecular weight is 236 g/mol. The van der Waals surface area contributed by atoms with Crippen molar-refractivity contribution in [3.05, 3.63) is 24.3 Å². The maximum absolute atomic E-state index is 10.9. The van der Waals surface area contributed by atoms with Gasteiger partial charge in [0.1, 0.15) is 0 Å². The van der Waals surface area contributed by atoms with Gasteiger partial charge in [0.15, 0.2) is 0 Å². The molecule has 1 unspecified atom stereocenters. The summed E-state index contributed by atoms with van der Waals surface area (Å²) in [7, 11) is 0. The minimum atomic E-state index is -0.844. The number of amides is 1. The fourth-order valence-corrected chi connectivity index (χ4v) is 1.49. The minimum Gasteiger partial charge on any atom is -0.481 e. The summed E-state index contributed by atoms with van der Waals surface area (Å²) in [5.41, 5.74) is 1.47. The van der Waals surface area contributed by atoms with Crippen LogP contribution in [0.15, 0.2) is 24.3 Å². The Balaban J connectivity index is 2.65. The van der Waals surface area contributed by atoms with Crippen molar-refractivity contribution in [2.24, 2.45) is 0 Å². The van der Waals surface area contributed by atoms with E-state index >= 15 is 0 Å². The second kappa shape index (κ2) is 5.89. The van der Waals surface area contributed by atoms with E-state index in [0.717, 1.165) is 5.69 Å². The molecule has 1 amide bonds. The Morgan fingerprint density at radius 2 is 2.00 bits per heavy atom. The first-order valence-corrected chi connectivity index (χ1v) is 5.33. The van der Waals surface area contributed by atoms with E-state index in [1.165, 1.54) is 6.92 Å². The normalized spacial score (nSPS) is 11.6. The Morgan fingerprint density at radius 3 is 2.59 bits per heavy atom. The number of hydrogen-bond donors (Lipinski definition) is 3. The van der Waals surface area contributed by atoms with Gasteiger partial charge in [-0.15, -0.1) is 0 Å². The second-order valence-electron chi connectivity index (χ2n) is 3.91. The maximum Gasteiger partial charge on any atom is 0.305 e. The van der Waals surface area contributed by atoms with Gasteiger partial charge in [0.25, 0.3) is 0 Å². The molecule has 0 bridgehead atoms. The molecule has 0 radical (unpaired) electrons. The fourth-order valence-electron chi connectivity index (χ4n) is 1.49. The molecule has 0 aromatic heterocycles. The molecule has 5 nitrogen and oxygen atoms in total. The molecule has 0 aliphatic heterocycles. The highest BCUT2D eigenvalue weighted by Gasteiger charge is 2.07. The number of carboxylic acids is 1. The summed E-state index contributed by atoms with van der Waals surface area (Å²) < 4.78 is 0. The van der Waals surface area contributed by atoms with Crippen LogP contribution in [0.5, 0.6) is 0 Å². The monoisotopic (exact) mass is 236 g/mol. The molecule has 92 valence electrons. The van der Waals surface area contributed by atoms with Crippen molar-refractivity contribution in [3.8, 4) is 0 Å². The van der Waals surface area contributed by atoms with E-state index in [1.54, 1.807) is 25.1 Å². The van der Waals surface area contributed by atoms with E-state index in [0.29, 0.717) is 5.69 Å². The molecule has 5 heteroatoms. The Kier molecular flexibility index (Phi) is 4.51. The highest BCUT2D eigenvalue weighted by Crippen LogP contribution is 2.16. The number of carbonyl (C=O) groups is 2. The van der Waals surface area contributed by atoms with Crippen LogP contribution < -0.4 is 10.6 Å². The van der Waals surface area contributed by atoms with E-state index < -0.39 is 5.97 Å². The smallest absolute Gasteiger partial charge is 0.305 e. The van der Waals surface area contributed by atoms with Crippen LogP contribution in [0.25, 0.3) is 0 Å². The standard InChI is InChI=1S/C12H16N2O3/c1-8(6-12(16)17)13-10-4-3-5-11(7-10)14-9(2)15/h3-5,7-8,13H,6H2,1-2H3,(H,14,15)(H,16,17). The van der Waals surface area contributed by atoms with Gasteiger partial charge in [-0.05, 0) is 25.1 Å². The van der Waals surface area contributed by atoms with Crippen molar-refractivity contribution in [3.63, 3.8) is 0 Å². The van der Waals surface area contributed by atoms with E-state index in [9.17, 15) is 9.59 Å². The highest BCUT2D eigenvalue weighted by molar-refractivity contribution is 5.89. The summed E-state index contributed by atoms with van der Waals surface area (Å²) in [6.07, 6.45) is 0.0460. The van der Waals surface area contributed by atoms with Gasteiger partial charge in [0, 0.05) is 24.3 Å². The van der Waals surface area contributed by atoms with Crippen LogP contribution in [0.2, 0.25) is 0 Å². The van der Waals surface area contributed by atoms with Crippen molar-refractivity contribution in [2.45, 2.75) is 26.3 Å². The predicted octanol–water partition coefficient (Wildman–Crippen LogP) is 1.92. The molecule has 3 N–H and O–H groups in total. The molecule has 0 heterocycles. The van der Waals surface area contributed by atoms with Crippen molar-refractivity contribution < 1.29 is 14.7 Å². The summed E-state index contributed by atoms with van der Waals surface area (Å²) >= 11 is 0. The van der Waals surface area contributed by atoms with Gasteiger partial charge in [-0.2, -0.15) is 0 Å². The molecular formula is C12H16N2O3. The molecular weight excluding hydrogens is 220 g/mol. The van der Waals surface area contributed by atoms with E-state index in [2.05, 4.69) is 10.6 Å². The van der Waals surface area contributed by atoms with Gasteiger partial charge < -0.3 is 15.7 Å². The number of anilines is 2. The van der Waals surface area contributed by atoms with Crippen molar-refractivity contribution >= 4 is 23.3 Å². The molecule has 0 fully saturated rings. The van der Waals surface area contributed by atoms with Gasteiger partial charge in [0.2, 0.25) is 5.91 Å². The number of aliphatic carboxylic acids is 1. The van der Waals surface area contributed by atoms with Crippen LogP contribution in [0, 0.1) is 0 Å². The zero-order chi connectivity index (χ0) is 12.8. The SMILES string of the molecule is CC(=O)Nc1cccc(NC(C)CC(=O)O)c1. The van der Waals surface area contributed by atoms with Crippen LogP contribution in [0.4, 0.5) is 11.4 Å². The first-order chi connectivity index (χ1) is 7.97. The molecule has 0 aliphatic carbocycles. The quantitative estimate of drug-likeness (QED) is 0.729. The number of carbonyl (C=O) groups excluding carboxylic acids is 1. The fraction of sp³-hybridized carbons (Fsp3) is 0.333. The third-order valence-corrected chi connectivity index (χ3v) is 2.08. The average Bonchev–Trinajstić information content (AvgIpc) is 2.14. The van der Waals surface area contributed by atoms with Crippen LogP contribution in [0.3, 0.4) is 0 Å². The summed E-state index contributed by atoms with van der Waals surface area (Å²) in [4.78, 5) is 21.4.